The molecule has 0 unspecified atom stereocenters. The molecule has 0 saturated heterocycles. The number of methoxy groups -OCH3 is 1. The van der Waals surface area contributed by atoms with Gasteiger partial charge in [0.1, 0.15) is 5.60 Å². The van der Waals surface area contributed by atoms with Crippen LogP contribution in [0, 0.1) is 0 Å². The Labute approximate surface area is 253 Å². The van der Waals surface area contributed by atoms with Crippen molar-refractivity contribution in [1.29, 1.82) is 0 Å². The van der Waals surface area contributed by atoms with Gasteiger partial charge in [0.15, 0.2) is 0 Å². The van der Waals surface area contributed by atoms with E-state index in [0.29, 0.717) is 31.7 Å². The van der Waals surface area contributed by atoms with Crippen molar-refractivity contribution in [3.63, 3.8) is 0 Å². The van der Waals surface area contributed by atoms with Gasteiger partial charge in [-0.15, -0.1) is 0 Å². The predicted octanol–water partition coefficient (Wildman–Crippen LogP) is 6.45. The third-order valence-electron chi connectivity index (χ3n) is 7.53. The second kappa shape index (κ2) is 13.3. The van der Waals surface area contributed by atoms with Gasteiger partial charge < -0.3 is 24.3 Å². The Morgan fingerprint density at radius 1 is 1.00 bits per heavy atom. The number of nitrogens with zero attached hydrogens (tertiary/aromatic N) is 3. The number of amides is 2. The van der Waals surface area contributed by atoms with Gasteiger partial charge in [-0.25, -0.2) is 4.79 Å². The highest BCUT2D eigenvalue weighted by Crippen LogP contribution is 2.31. The van der Waals surface area contributed by atoms with Crippen LogP contribution in [0.15, 0.2) is 84.8 Å². The van der Waals surface area contributed by atoms with E-state index in [-0.39, 0.29) is 12.5 Å². The lowest BCUT2D eigenvalue weighted by Gasteiger charge is -2.32. The highest BCUT2D eigenvalue weighted by Gasteiger charge is 2.30. The fourth-order valence-corrected chi connectivity index (χ4v) is 5.50. The SMILES string of the molecule is COCCCn1cc(CNC(=O)C2=C(c3cccc(-c4cccnc4)c3)CCN(C(=O)OC(C)(C)C)C2)c2ccccc21. The van der Waals surface area contributed by atoms with E-state index in [1.54, 1.807) is 18.2 Å². The molecule has 0 radical (unpaired) electrons. The summed E-state index contributed by atoms with van der Waals surface area (Å²) in [6.45, 7) is 8.06. The van der Waals surface area contributed by atoms with E-state index in [4.69, 9.17) is 9.47 Å². The Bertz CT molecular complexity index is 1620. The minimum Gasteiger partial charge on any atom is -0.444 e. The molecule has 0 fully saturated rings. The molecule has 8 nitrogen and oxygen atoms in total. The summed E-state index contributed by atoms with van der Waals surface area (Å²) in [7, 11) is 1.71. The molecule has 3 heterocycles. The van der Waals surface area contributed by atoms with Crippen LogP contribution in [0.1, 0.15) is 44.7 Å². The molecule has 8 heteroatoms. The van der Waals surface area contributed by atoms with Crippen molar-refractivity contribution < 1.29 is 19.1 Å². The van der Waals surface area contributed by atoms with Crippen LogP contribution in [0.5, 0.6) is 0 Å². The number of fused-ring (bicyclic) bond motifs is 1. The highest BCUT2D eigenvalue weighted by molar-refractivity contribution is 6.03. The largest absolute Gasteiger partial charge is 0.444 e. The molecule has 1 aliphatic rings. The van der Waals surface area contributed by atoms with Crippen molar-refractivity contribution in [1.82, 2.24) is 19.8 Å². The Hall–Kier alpha value is -4.43. The number of nitrogens with one attached hydrogen (secondary N) is 1. The lowest BCUT2D eigenvalue weighted by molar-refractivity contribution is -0.117. The number of carbonyl (C=O) groups excluding carboxylic acids is 2. The molecule has 0 saturated carbocycles. The maximum absolute atomic E-state index is 13.9. The molecule has 5 rings (SSSR count). The van der Waals surface area contributed by atoms with Crippen LogP contribution >= 0.6 is 0 Å². The Morgan fingerprint density at radius 3 is 2.56 bits per heavy atom. The number of para-hydroxylation sites is 1. The molecule has 1 N–H and O–H groups in total. The number of carbonyl (C=O) groups is 2. The maximum Gasteiger partial charge on any atom is 0.410 e. The molecular weight excluding hydrogens is 540 g/mol. The smallest absolute Gasteiger partial charge is 0.410 e. The molecule has 1 aliphatic heterocycles. The second-order valence-corrected chi connectivity index (χ2v) is 11.8. The van der Waals surface area contributed by atoms with E-state index in [9.17, 15) is 9.59 Å². The van der Waals surface area contributed by atoms with Gasteiger partial charge in [-0.1, -0.05) is 42.5 Å². The number of hydrogen-bond acceptors (Lipinski definition) is 5. The van der Waals surface area contributed by atoms with Gasteiger partial charge >= 0.3 is 6.09 Å². The van der Waals surface area contributed by atoms with Crippen molar-refractivity contribution in [2.45, 2.75) is 52.3 Å². The number of pyridine rings is 1. The first-order valence-electron chi connectivity index (χ1n) is 14.8. The van der Waals surface area contributed by atoms with Gasteiger partial charge in [-0.3, -0.25) is 9.78 Å². The lowest BCUT2D eigenvalue weighted by atomic mass is 9.91. The molecule has 0 atom stereocenters. The van der Waals surface area contributed by atoms with Crippen molar-refractivity contribution >= 4 is 28.5 Å². The summed E-state index contributed by atoms with van der Waals surface area (Å²) in [4.78, 5) is 32.8. The molecule has 0 aliphatic carbocycles. The summed E-state index contributed by atoms with van der Waals surface area (Å²) in [5, 5.41) is 4.28. The molecule has 2 amide bonds. The van der Waals surface area contributed by atoms with Crippen molar-refractivity contribution in [2.24, 2.45) is 0 Å². The molecule has 0 bridgehead atoms. The maximum atomic E-state index is 13.9. The highest BCUT2D eigenvalue weighted by atomic mass is 16.6. The Morgan fingerprint density at radius 2 is 1.79 bits per heavy atom. The van der Waals surface area contributed by atoms with Crippen LogP contribution in [-0.2, 0) is 27.4 Å². The molecule has 2 aromatic heterocycles. The fraction of sp³-hybridized carbons (Fsp3) is 0.343. The van der Waals surface area contributed by atoms with Gasteiger partial charge in [0.25, 0.3) is 0 Å². The molecule has 0 spiro atoms. The number of rotatable bonds is 9. The molecule has 224 valence electrons. The first-order chi connectivity index (χ1) is 20.7. The molecule has 4 aromatic rings. The Kier molecular flexibility index (Phi) is 9.26. The van der Waals surface area contributed by atoms with Crippen molar-refractivity contribution in [2.75, 3.05) is 26.8 Å². The number of benzene rings is 2. The van der Waals surface area contributed by atoms with E-state index >= 15 is 0 Å². The Balaban J connectivity index is 1.44. The van der Waals surface area contributed by atoms with Crippen LogP contribution in [0.3, 0.4) is 0 Å². The minimum atomic E-state index is -0.626. The van der Waals surface area contributed by atoms with E-state index < -0.39 is 11.7 Å². The minimum absolute atomic E-state index is 0.173. The zero-order valence-electron chi connectivity index (χ0n) is 25.4. The monoisotopic (exact) mass is 580 g/mol. The van der Waals surface area contributed by atoms with Crippen LogP contribution in [0.25, 0.3) is 27.6 Å². The predicted molar refractivity (Wildman–Crippen MR) is 169 cm³/mol. The van der Waals surface area contributed by atoms with Gasteiger partial charge in [0.2, 0.25) is 5.91 Å². The summed E-state index contributed by atoms with van der Waals surface area (Å²) in [5.41, 5.74) is 6.04. The second-order valence-electron chi connectivity index (χ2n) is 11.8. The zero-order chi connectivity index (χ0) is 30.4. The summed E-state index contributed by atoms with van der Waals surface area (Å²) >= 11 is 0. The van der Waals surface area contributed by atoms with Crippen LogP contribution < -0.4 is 5.32 Å². The van der Waals surface area contributed by atoms with E-state index in [1.165, 1.54) is 0 Å². The van der Waals surface area contributed by atoms with Gasteiger partial charge in [0.05, 0.1) is 6.54 Å². The van der Waals surface area contributed by atoms with Crippen molar-refractivity contribution in [3.05, 3.63) is 96.0 Å². The van der Waals surface area contributed by atoms with Crippen LogP contribution in [-0.4, -0.2) is 58.9 Å². The normalized spacial score (nSPS) is 13.8. The molecular formula is C35H40N4O4. The summed E-state index contributed by atoms with van der Waals surface area (Å²) in [6.07, 6.45) is 6.72. The molecule has 2 aromatic carbocycles. The van der Waals surface area contributed by atoms with E-state index in [0.717, 1.165) is 51.7 Å². The summed E-state index contributed by atoms with van der Waals surface area (Å²) in [5.74, 6) is -0.189. The van der Waals surface area contributed by atoms with Gasteiger partial charge in [0, 0.05) is 74.0 Å². The number of hydrogen-bond donors (Lipinski definition) is 1. The fourth-order valence-electron chi connectivity index (χ4n) is 5.50. The topological polar surface area (TPSA) is 85.7 Å². The third-order valence-corrected chi connectivity index (χ3v) is 7.53. The number of aryl methyl sites for hydroxylation is 1. The van der Waals surface area contributed by atoms with Gasteiger partial charge in [-0.05, 0) is 74.1 Å². The average Bonchev–Trinajstić information content (AvgIpc) is 3.37. The quantitative estimate of drug-likeness (QED) is 0.230. The van der Waals surface area contributed by atoms with Gasteiger partial charge in [-0.2, -0.15) is 0 Å². The first kappa shape index (κ1) is 30.0. The van der Waals surface area contributed by atoms with Crippen molar-refractivity contribution in [3.8, 4) is 11.1 Å². The number of ether oxygens (including phenoxy) is 2. The van der Waals surface area contributed by atoms with E-state index in [1.807, 2.05) is 69.4 Å². The third kappa shape index (κ3) is 7.32. The van der Waals surface area contributed by atoms with Crippen LogP contribution in [0.2, 0.25) is 0 Å². The average molecular weight is 581 g/mol. The lowest BCUT2D eigenvalue weighted by Crippen LogP contribution is -2.43. The standard InChI is InChI=1S/C35H40N4O4/c1-35(2,3)43-34(41)39-18-15-29(26-11-7-10-25(20-26)27-12-8-16-36-21-27)31(24-39)33(40)37-22-28-23-38(17-9-19-42-4)32-14-6-5-13-30(28)32/h5-8,10-14,16,20-21,23H,9,15,17-19,22,24H2,1-4H3,(H,37,40). The van der Waals surface area contributed by atoms with Crippen LogP contribution in [0.4, 0.5) is 4.79 Å². The first-order valence-corrected chi connectivity index (χ1v) is 14.8. The summed E-state index contributed by atoms with van der Waals surface area (Å²) < 4.78 is 13.1. The molecule has 43 heavy (non-hydrogen) atoms. The van der Waals surface area contributed by atoms with E-state index in [2.05, 4.69) is 39.3 Å². The summed E-state index contributed by atoms with van der Waals surface area (Å²) in [6, 6.07) is 20.3. The number of aromatic nitrogens is 2. The zero-order valence-corrected chi connectivity index (χ0v) is 25.4.